The molecule has 0 spiro atoms. The first-order chi connectivity index (χ1) is 10.1. The molecular weight excluding hydrogens is 274 g/mol. The average Bonchev–Trinajstić information content (AvgIpc) is 2.69. The van der Waals surface area contributed by atoms with Gasteiger partial charge in [-0.15, -0.1) is 0 Å². The zero-order valence-corrected chi connectivity index (χ0v) is 12.0. The summed E-state index contributed by atoms with van der Waals surface area (Å²) in [5.41, 5.74) is -0.0357. The Hall–Kier alpha value is -2.38. The summed E-state index contributed by atoms with van der Waals surface area (Å²) in [6.07, 6.45) is 1.25. The number of carbonyl (C=O) groups is 1. The molecule has 1 aliphatic rings. The molecule has 0 radical (unpaired) electrons. The molecule has 0 aromatic carbocycles. The van der Waals surface area contributed by atoms with Crippen molar-refractivity contribution in [2.45, 2.75) is 19.8 Å². The Balaban J connectivity index is 2.28. The van der Waals surface area contributed by atoms with Gasteiger partial charge >= 0.3 is 5.69 Å². The van der Waals surface area contributed by atoms with Gasteiger partial charge in [0, 0.05) is 38.7 Å². The van der Waals surface area contributed by atoms with Gasteiger partial charge in [0.25, 0.3) is 0 Å². The highest BCUT2D eigenvalue weighted by Crippen LogP contribution is 2.28. The highest BCUT2D eigenvalue weighted by molar-refractivity contribution is 5.77. The lowest BCUT2D eigenvalue weighted by atomic mass is 10.3. The normalized spacial score (nSPS) is 15.3. The van der Waals surface area contributed by atoms with Gasteiger partial charge in [0.2, 0.25) is 11.7 Å². The lowest BCUT2D eigenvalue weighted by Gasteiger charge is -2.21. The van der Waals surface area contributed by atoms with Crippen LogP contribution in [0.1, 0.15) is 19.8 Å². The molecule has 8 heteroatoms. The molecule has 1 amide bonds. The molecule has 1 saturated heterocycles. The fraction of sp³-hybridized carbons (Fsp3) is 0.538. The van der Waals surface area contributed by atoms with Crippen molar-refractivity contribution in [2.75, 3.05) is 36.4 Å². The Morgan fingerprint density at radius 3 is 3.00 bits per heavy atom. The Labute approximate surface area is 122 Å². The Morgan fingerprint density at radius 1 is 1.48 bits per heavy atom. The summed E-state index contributed by atoms with van der Waals surface area (Å²) < 4.78 is 0. The molecule has 21 heavy (non-hydrogen) atoms. The van der Waals surface area contributed by atoms with Gasteiger partial charge in [0.05, 0.1) is 4.92 Å². The van der Waals surface area contributed by atoms with Crippen LogP contribution in [0.3, 0.4) is 0 Å². The molecule has 1 fully saturated rings. The number of pyridine rings is 1. The second kappa shape index (κ2) is 6.87. The second-order valence-electron chi connectivity index (χ2n) is 4.81. The van der Waals surface area contributed by atoms with Crippen LogP contribution in [-0.4, -0.2) is 42.0 Å². The molecule has 2 N–H and O–H groups in total. The molecule has 1 aromatic heterocycles. The molecule has 114 valence electrons. The van der Waals surface area contributed by atoms with E-state index in [9.17, 15) is 14.9 Å². The largest absolute Gasteiger partial charge is 0.370 e. The van der Waals surface area contributed by atoms with Crippen LogP contribution in [0.5, 0.6) is 0 Å². The summed E-state index contributed by atoms with van der Waals surface area (Å²) in [5.74, 6) is 0.888. The number of hydrogen-bond donors (Lipinski definition) is 2. The molecule has 1 aromatic rings. The lowest BCUT2D eigenvalue weighted by Crippen LogP contribution is -2.29. The number of nitrogens with zero attached hydrogens (tertiary/aromatic N) is 3. The summed E-state index contributed by atoms with van der Waals surface area (Å²) >= 11 is 0. The van der Waals surface area contributed by atoms with Gasteiger partial charge in [-0.05, 0) is 12.5 Å². The van der Waals surface area contributed by atoms with Crippen LogP contribution in [0.4, 0.5) is 17.3 Å². The summed E-state index contributed by atoms with van der Waals surface area (Å²) in [6, 6.07) is 3.07. The number of anilines is 2. The maximum atomic E-state index is 11.4. The van der Waals surface area contributed by atoms with Gasteiger partial charge in [0.1, 0.15) is 5.82 Å². The van der Waals surface area contributed by atoms with Crippen LogP contribution < -0.4 is 15.5 Å². The van der Waals surface area contributed by atoms with Crippen molar-refractivity contribution in [1.82, 2.24) is 10.3 Å². The second-order valence-corrected chi connectivity index (χ2v) is 4.81. The van der Waals surface area contributed by atoms with Crippen LogP contribution in [0, 0.1) is 10.1 Å². The van der Waals surface area contributed by atoms with Crippen molar-refractivity contribution in [3.05, 3.63) is 22.2 Å². The third-order valence-electron chi connectivity index (χ3n) is 3.22. The lowest BCUT2D eigenvalue weighted by molar-refractivity contribution is -0.384. The van der Waals surface area contributed by atoms with Gasteiger partial charge in [-0.25, -0.2) is 4.98 Å². The van der Waals surface area contributed by atoms with E-state index in [0.29, 0.717) is 37.7 Å². The third-order valence-corrected chi connectivity index (χ3v) is 3.22. The van der Waals surface area contributed by atoms with Crippen LogP contribution in [0.25, 0.3) is 0 Å². The van der Waals surface area contributed by atoms with Crippen molar-refractivity contribution in [1.29, 1.82) is 0 Å². The van der Waals surface area contributed by atoms with Crippen molar-refractivity contribution < 1.29 is 9.72 Å². The Kier molecular flexibility index (Phi) is 4.91. The monoisotopic (exact) mass is 293 g/mol. The molecule has 8 nitrogen and oxygen atoms in total. The first-order valence-corrected chi connectivity index (χ1v) is 7.02. The Morgan fingerprint density at radius 2 is 2.29 bits per heavy atom. The third kappa shape index (κ3) is 3.80. The van der Waals surface area contributed by atoms with Crippen LogP contribution in [-0.2, 0) is 4.79 Å². The van der Waals surface area contributed by atoms with Gasteiger partial charge < -0.3 is 15.5 Å². The molecule has 2 heterocycles. The van der Waals surface area contributed by atoms with E-state index in [1.165, 1.54) is 6.07 Å². The molecule has 0 atom stereocenters. The number of rotatable bonds is 5. The minimum absolute atomic E-state index is 0.0357. The van der Waals surface area contributed by atoms with Gasteiger partial charge in [-0.2, -0.15) is 0 Å². The number of nitro groups is 1. The van der Waals surface area contributed by atoms with E-state index in [0.717, 1.165) is 13.0 Å². The zero-order chi connectivity index (χ0) is 15.2. The molecule has 0 aliphatic carbocycles. The van der Waals surface area contributed by atoms with E-state index >= 15 is 0 Å². The molecule has 2 rings (SSSR count). The first kappa shape index (κ1) is 15.0. The molecule has 0 bridgehead atoms. The number of amides is 1. The number of carbonyl (C=O) groups excluding carboxylic acids is 1. The average molecular weight is 293 g/mol. The summed E-state index contributed by atoms with van der Waals surface area (Å²) in [5, 5.41) is 17.0. The van der Waals surface area contributed by atoms with Gasteiger partial charge in [-0.1, -0.05) is 6.92 Å². The molecule has 0 unspecified atom stereocenters. The molecule has 0 saturated carbocycles. The minimum atomic E-state index is -0.438. The van der Waals surface area contributed by atoms with E-state index in [4.69, 9.17) is 0 Å². The predicted molar refractivity (Wildman–Crippen MR) is 79.5 cm³/mol. The van der Waals surface area contributed by atoms with E-state index in [-0.39, 0.29) is 11.6 Å². The number of hydrogen-bond acceptors (Lipinski definition) is 6. The van der Waals surface area contributed by atoms with E-state index < -0.39 is 4.92 Å². The van der Waals surface area contributed by atoms with Crippen LogP contribution in [0.15, 0.2) is 12.1 Å². The fourth-order valence-electron chi connectivity index (χ4n) is 2.15. The van der Waals surface area contributed by atoms with Crippen LogP contribution in [0.2, 0.25) is 0 Å². The van der Waals surface area contributed by atoms with Crippen LogP contribution >= 0.6 is 0 Å². The summed E-state index contributed by atoms with van der Waals surface area (Å²) in [6.45, 7) is 4.19. The number of nitrogens with one attached hydrogen (secondary N) is 2. The smallest absolute Gasteiger partial charge is 0.311 e. The highest BCUT2D eigenvalue weighted by Gasteiger charge is 2.24. The van der Waals surface area contributed by atoms with E-state index in [2.05, 4.69) is 15.6 Å². The summed E-state index contributed by atoms with van der Waals surface area (Å²) in [4.78, 5) is 28.3. The first-order valence-electron chi connectivity index (χ1n) is 7.02. The Bertz CT molecular complexity index is 535. The van der Waals surface area contributed by atoms with Crippen molar-refractivity contribution in [2.24, 2.45) is 0 Å². The minimum Gasteiger partial charge on any atom is -0.370 e. The standard InChI is InChI=1S/C13H19N5O3/c1-2-6-14-11-4-3-10(18(20)21)13(16-11)17-8-5-12(19)15-7-9-17/h3-4H,2,5-9H2,1H3,(H,14,16)(H,15,19). The number of aromatic nitrogens is 1. The summed E-state index contributed by atoms with van der Waals surface area (Å²) in [7, 11) is 0. The predicted octanol–water partition coefficient (Wildman–Crippen LogP) is 1.14. The maximum Gasteiger partial charge on any atom is 0.311 e. The topological polar surface area (TPSA) is 100 Å². The zero-order valence-electron chi connectivity index (χ0n) is 12.0. The SMILES string of the molecule is CCCNc1ccc([N+](=O)[O-])c(N2CCNC(=O)CC2)n1. The quantitative estimate of drug-likeness (QED) is 0.623. The van der Waals surface area contributed by atoms with Gasteiger partial charge in [0.15, 0.2) is 0 Å². The van der Waals surface area contributed by atoms with Crippen molar-refractivity contribution in [3.63, 3.8) is 0 Å². The van der Waals surface area contributed by atoms with Gasteiger partial charge in [-0.3, -0.25) is 14.9 Å². The maximum absolute atomic E-state index is 11.4. The molecular formula is C13H19N5O3. The van der Waals surface area contributed by atoms with Crippen molar-refractivity contribution in [3.8, 4) is 0 Å². The molecule has 1 aliphatic heterocycles. The van der Waals surface area contributed by atoms with E-state index in [1.54, 1.807) is 11.0 Å². The fourth-order valence-corrected chi connectivity index (χ4v) is 2.15. The van der Waals surface area contributed by atoms with Crippen molar-refractivity contribution >= 4 is 23.2 Å². The highest BCUT2D eigenvalue weighted by atomic mass is 16.6. The van der Waals surface area contributed by atoms with E-state index in [1.807, 2.05) is 6.92 Å².